The number of furan rings is 1. The van der Waals surface area contributed by atoms with Crippen molar-refractivity contribution in [3.8, 4) is 11.1 Å². The van der Waals surface area contributed by atoms with Gasteiger partial charge in [-0.25, -0.2) is 0 Å². The van der Waals surface area contributed by atoms with Gasteiger partial charge in [-0.15, -0.1) is 11.3 Å². The van der Waals surface area contributed by atoms with Gasteiger partial charge in [-0.1, -0.05) is 121 Å². The van der Waals surface area contributed by atoms with Crippen LogP contribution in [0.25, 0.3) is 58.9 Å². The summed E-state index contributed by atoms with van der Waals surface area (Å²) in [5, 5.41) is 8.49. The molecule has 1 aliphatic rings. The zero-order valence-corrected chi connectivity index (χ0v) is 24.5. The Balaban J connectivity index is 1.31. The minimum atomic E-state index is -0.216. The van der Waals surface area contributed by atoms with Crippen LogP contribution in [0.1, 0.15) is 22.9 Å². The molecule has 0 aliphatic carbocycles. The van der Waals surface area contributed by atoms with Gasteiger partial charge in [0.05, 0.1) is 5.71 Å². The Morgan fingerprint density at radius 3 is 2.02 bits per heavy atom. The van der Waals surface area contributed by atoms with Gasteiger partial charge in [0.25, 0.3) is 0 Å². The van der Waals surface area contributed by atoms with Crippen LogP contribution in [0.2, 0.25) is 0 Å². The third kappa shape index (κ3) is 3.99. The average Bonchev–Trinajstić information content (AvgIpc) is 3.68. The Bertz CT molecular complexity index is 2420. The van der Waals surface area contributed by atoms with E-state index in [1.54, 1.807) is 0 Å². The second-order valence-electron chi connectivity index (χ2n) is 11.1. The quantitative estimate of drug-likeness (QED) is 0.224. The standard InChI is InChI=1S/C40H26N2OS/c1-3-12-25(13-4-1)32-24-33(42-40(41-32)26-14-5-2-6-15-26)31-20-11-22-35-38(31)37-28(17-10-21-34(37)43-35)30-19-9-18-29-27-16-7-8-23-36(27)44-39(29)30/h1-24,40-41H. The Hall–Kier alpha value is -5.45. The molecule has 0 spiro atoms. The summed E-state index contributed by atoms with van der Waals surface area (Å²) in [6, 6.07) is 49.0. The molecule has 9 rings (SSSR count). The highest BCUT2D eigenvalue weighted by Gasteiger charge is 2.23. The number of benzene rings is 6. The zero-order chi connectivity index (χ0) is 29.0. The summed E-state index contributed by atoms with van der Waals surface area (Å²) in [4.78, 5) is 5.31. The van der Waals surface area contributed by atoms with Gasteiger partial charge in [0.1, 0.15) is 17.3 Å². The molecular weight excluding hydrogens is 557 g/mol. The van der Waals surface area contributed by atoms with Crippen LogP contribution in [0.15, 0.2) is 155 Å². The molecule has 2 aromatic heterocycles. The van der Waals surface area contributed by atoms with Crippen molar-refractivity contribution in [1.82, 2.24) is 5.32 Å². The molecule has 1 aliphatic heterocycles. The summed E-state index contributed by atoms with van der Waals surface area (Å²) in [6.07, 6.45) is 1.96. The molecular formula is C40H26N2OS. The minimum absolute atomic E-state index is 0.216. The van der Waals surface area contributed by atoms with Crippen molar-refractivity contribution < 1.29 is 4.42 Å². The summed E-state index contributed by atoms with van der Waals surface area (Å²) in [7, 11) is 0. The third-order valence-corrected chi connectivity index (χ3v) is 9.75. The van der Waals surface area contributed by atoms with Crippen molar-refractivity contribution in [3.05, 3.63) is 162 Å². The molecule has 208 valence electrons. The molecule has 44 heavy (non-hydrogen) atoms. The molecule has 4 heteroatoms. The van der Waals surface area contributed by atoms with Crippen LogP contribution in [0.3, 0.4) is 0 Å². The number of hydrogen-bond donors (Lipinski definition) is 1. The fraction of sp³-hybridized carbons (Fsp3) is 0.0250. The van der Waals surface area contributed by atoms with Crippen molar-refractivity contribution in [1.29, 1.82) is 0 Å². The highest BCUT2D eigenvalue weighted by molar-refractivity contribution is 7.26. The highest BCUT2D eigenvalue weighted by atomic mass is 32.1. The van der Waals surface area contributed by atoms with E-state index in [9.17, 15) is 0 Å². The summed E-state index contributed by atoms with van der Waals surface area (Å²) < 4.78 is 9.15. The lowest BCUT2D eigenvalue weighted by Crippen LogP contribution is -2.24. The van der Waals surface area contributed by atoms with E-state index in [4.69, 9.17) is 9.41 Å². The van der Waals surface area contributed by atoms with Crippen molar-refractivity contribution in [2.24, 2.45) is 4.99 Å². The number of rotatable bonds is 4. The summed E-state index contributed by atoms with van der Waals surface area (Å²) in [5.41, 5.74) is 9.42. The summed E-state index contributed by atoms with van der Waals surface area (Å²) >= 11 is 1.86. The first-order valence-corrected chi connectivity index (χ1v) is 15.7. The van der Waals surface area contributed by atoms with Crippen molar-refractivity contribution >= 4 is 64.9 Å². The Kier molecular flexibility index (Phi) is 5.75. The van der Waals surface area contributed by atoms with Gasteiger partial charge >= 0.3 is 0 Å². The van der Waals surface area contributed by atoms with E-state index in [1.165, 1.54) is 31.3 Å². The molecule has 0 bridgehead atoms. The zero-order valence-electron chi connectivity index (χ0n) is 23.7. The maximum atomic E-state index is 6.55. The molecule has 1 unspecified atom stereocenters. The van der Waals surface area contributed by atoms with E-state index in [0.29, 0.717) is 0 Å². The number of aliphatic imine (C=N–C) groups is 1. The fourth-order valence-corrected chi connectivity index (χ4v) is 7.75. The smallest absolute Gasteiger partial charge is 0.145 e. The third-order valence-electron chi connectivity index (χ3n) is 8.53. The normalized spacial score (nSPS) is 15.0. The molecule has 6 aromatic carbocycles. The van der Waals surface area contributed by atoms with Gasteiger partial charge in [-0.05, 0) is 41.0 Å². The Morgan fingerprint density at radius 2 is 1.20 bits per heavy atom. The lowest BCUT2D eigenvalue weighted by molar-refractivity contribution is 0.663. The van der Waals surface area contributed by atoms with Gasteiger partial charge < -0.3 is 9.73 Å². The molecule has 3 nitrogen and oxygen atoms in total. The van der Waals surface area contributed by atoms with Crippen molar-refractivity contribution in [2.75, 3.05) is 0 Å². The van der Waals surface area contributed by atoms with Gasteiger partial charge in [-0.2, -0.15) is 0 Å². The molecule has 0 radical (unpaired) electrons. The van der Waals surface area contributed by atoms with Crippen molar-refractivity contribution in [3.63, 3.8) is 0 Å². The SMILES string of the molecule is C1=C(c2ccccc2)NC(c2ccccc2)N=C1c1cccc2oc3cccc(-c4cccc5c4sc4ccccc45)c3c12. The molecule has 1 atom stereocenters. The summed E-state index contributed by atoms with van der Waals surface area (Å²) in [5.74, 6) is 0. The lowest BCUT2D eigenvalue weighted by atomic mass is 9.94. The number of nitrogens with one attached hydrogen (secondary N) is 1. The molecule has 0 amide bonds. The number of allylic oxidation sites excluding steroid dienone is 1. The van der Waals surface area contributed by atoms with Crippen LogP contribution in [0.5, 0.6) is 0 Å². The van der Waals surface area contributed by atoms with E-state index in [1.807, 2.05) is 23.5 Å². The topological polar surface area (TPSA) is 37.5 Å². The van der Waals surface area contributed by atoms with Crippen LogP contribution < -0.4 is 5.32 Å². The maximum absolute atomic E-state index is 6.55. The molecule has 0 saturated carbocycles. The minimum Gasteiger partial charge on any atom is -0.456 e. The van der Waals surface area contributed by atoms with Crippen LogP contribution in [0.4, 0.5) is 0 Å². The first-order chi connectivity index (χ1) is 21.8. The average molecular weight is 583 g/mol. The van der Waals surface area contributed by atoms with Gasteiger partial charge in [0.2, 0.25) is 0 Å². The first kappa shape index (κ1) is 25.1. The van der Waals surface area contributed by atoms with Crippen LogP contribution >= 0.6 is 11.3 Å². The number of thiophene rings is 1. The van der Waals surface area contributed by atoms with Gasteiger partial charge in [-0.3, -0.25) is 4.99 Å². The van der Waals surface area contributed by atoms with Crippen LogP contribution in [-0.2, 0) is 0 Å². The van der Waals surface area contributed by atoms with Crippen LogP contribution in [0, 0.1) is 0 Å². The first-order valence-electron chi connectivity index (χ1n) is 14.8. The molecule has 3 heterocycles. The highest BCUT2D eigenvalue weighted by Crippen LogP contribution is 2.44. The van der Waals surface area contributed by atoms with E-state index in [2.05, 4.69) is 139 Å². The molecule has 0 saturated heterocycles. The molecule has 1 N–H and O–H groups in total. The number of fused-ring (bicyclic) bond motifs is 6. The maximum Gasteiger partial charge on any atom is 0.145 e. The summed E-state index contributed by atoms with van der Waals surface area (Å²) in [6.45, 7) is 0. The number of hydrogen-bond acceptors (Lipinski definition) is 4. The van der Waals surface area contributed by atoms with Crippen molar-refractivity contribution in [2.45, 2.75) is 6.17 Å². The Labute approximate surface area is 258 Å². The lowest BCUT2D eigenvalue weighted by Gasteiger charge is -2.25. The predicted molar refractivity (Wildman–Crippen MR) is 185 cm³/mol. The Morgan fingerprint density at radius 1 is 0.568 bits per heavy atom. The van der Waals surface area contributed by atoms with E-state index in [-0.39, 0.29) is 6.17 Å². The second kappa shape index (κ2) is 10.1. The van der Waals surface area contributed by atoms with Crippen LogP contribution in [-0.4, -0.2) is 5.71 Å². The number of nitrogens with zero attached hydrogens (tertiary/aromatic N) is 1. The van der Waals surface area contributed by atoms with E-state index in [0.717, 1.165) is 50.0 Å². The van der Waals surface area contributed by atoms with Gasteiger partial charge in [0.15, 0.2) is 0 Å². The van der Waals surface area contributed by atoms with E-state index < -0.39 is 0 Å². The largest absolute Gasteiger partial charge is 0.456 e. The molecule has 0 fully saturated rings. The second-order valence-corrected chi connectivity index (χ2v) is 12.2. The van der Waals surface area contributed by atoms with E-state index >= 15 is 0 Å². The molecule has 8 aromatic rings. The fourth-order valence-electron chi connectivity index (χ4n) is 6.52. The monoisotopic (exact) mass is 582 g/mol. The van der Waals surface area contributed by atoms with Gasteiger partial charge in [0, 0.05) is 47.8 Å². The predicted octanol–water partition coefficient (Wildman–Crippen LogP) is 10.8.